The fraction of sp³-hybridized carbons (Fsp3) is 0.150. The first-order valence-electron chi connectivity index (χ1n) is 8.42. The Balaban J connectivity index is 1.65. The molecule has 0 bridgehead atoms. The summed E-state index contributed by atoms with van der Waals surface area (Å²) in [6.07, 6.45) is 1.86. The molecule has 5 nitrogen and oxygen atoms in total. The molecular formula is C20H17ClN2O3S2. The first-order valence-corrected chi connectivity index (χ1v) is 10.0. The minimum atomic E-state index is -0.240. The van der Waals surface area contributed by atoms with Crippen molar-refractivity contribution in [1.29, 1.82) is 0 Å². The Morgan fingerprint density at radius 2 is 1.96 bits per heavy atom. The third-order valence-electron chi connectivity index (χ3n) is 4.01. The molecule has 0 radical (unpaired) electrons. The molecule has 1 aliphatic heterocycles. The average molecular weight is 433 g/mol. The van der Waals surface area contributed by atoms with Gasteiger partial charge >= 0.3 is 0 Å². The largest absolute Gasteiger partial charge is 0.496 e. The maximum absolute atomic E-state index is 12.7. The maximum Gasteiger partial charge on any atom is 0.266 e. The molecule has 8 heteroatoms. The summed E-state index contributed by atoms with van der Waals surface area (Å²) in [5.41, 5.74) is 1.33. The van der Waals surface area contributed by atoms with Crippen LogP contribution in [0.15, 0.2) is 53.4 Å². The molecule has 0 spiro atoms. The zero-order chi connectivity index (χ0) is 20.1. The number of hydrogen-bond acceptors (Lipinski definition) is 5. The first-order chi connectivity index (χ1) is 13.5. The van der Waals surface area contributed by atoms with Crippen LogP contribution in [-0.4, -0.2) is 34.7 Å². The molecule has 1 fully saturated rings. The maximum atomic E-state index is 12.7. The number of ether oxygens (including phenoxy) is 1. The normalized spacial score (nSPS) is 15.2. The van der Waals surface area contributed by atoms with Gasteiger partial charge in [0.25, 0.3) is 5.91 Å². The van der Waals surface area contributed by atoms with Crippen LogP contribution in [0.4, 0.5) is 5.69 Å². The summed E-state index contributed by atoms with van der Waals surface area (Å²) < 4.78 is 5.74. The number of nitrogens with zero attached hydrogens (tertiary/aromatic N) is 1. The third-order valence-corrected chi connectivity index (χ3v) is 5.72. The number of methoxy groups -OCH3 is 1. The second-order valence-corrected chi connectivity index (χ2v) is 7.94. The fourth-order valence-corrected chi connectivity index (χ4v) is 4.09. The molecule has 144 valence electrons. The van der Waals surface area contributed by atoms with Gasteiger partial charge in [-0.2, -0.15) is 0 Å². The molecule has 0 aromatic heterocycles. The van der Waals surface area contributed by atoms with Gasteiger partial charge in [-0.05, 0) is 24.3 Å². The minimum absolute atomic E-state index is 0.111. The topological polar surface area (TPSA) is 58.6 Å². The van der Waals surface area contributed by atoms with Crippen LogP contribution in [0.2, 0.25) is 5.02 Å². The van der Waals surface area contributed by atoms with E-state index in [2.05, 4.69) is 5.32 Å². The number of nitrogens with one attached hydrogen (secondary N) is 1. The van der Waals surface area contributed by atoms with Crippen LogP contribution >= 0.6 is 35.6 Å². The Hall–Kier alpha value is -2.35. The third kappa shape index (κ3) is 4.73. The highest BCUT2D eigenvalue weighted by Crippen LogP contribution is 2.34. The molecule has 2 aromatic carbocycles. The van der Waals surface area contributed by atoms with E-state index in [1.165, 1.54) is 16.7 Å². The predicted octanol–water partition coefficient (Wildman–Crippen LogP) is 4.58. The van der Waals surface area contributed by atoms with Crippen molar-refractivity contribution in [2.75, 3.05) is 19.0 Å². The molecule has 0 saturated carbocycles. The molecule has 0 unspecified atom stereocenters. The molecular weight excluding hydrogens is 416 g/mol. The second-order valence-electron chi connectivity index (χ2n) is 5.85. The van der Waals surface area contributed by atoms with E-state index in [1.54, 1.807) is 37.5 Å². The molecule has 1 heterocycles. The number of thiocarbonyl (C=S) groups is 1. The highest BCUT2D eigenvalue weighted by Gasteiger charge is 2.32. The Morgan fingerprint density at radius 1 is 1.25 bits per heavy atom. The molecule has 2 amide bonds. The Kier molecular flexibility index (Phi) is 6.72. The van der Waals surface area contributed by atoms with Gasteiger partial charge in [0.2, 0.25) is 5.91 Å². The number of rotatable bonds is 6. The summed E-state index contributed by atoms with van der Waals surface area (Å²) in [5, 5.41) is 3.20. The van der Waals surface area contributed by atoms with E-state index in [4.69, 9.17) is 28.6 Å². The summed E-state index contributed by atoms with van der Waals surface area (Å²) >= 11 is 12.6. The number of carbonyl (C=O) groups is 2. The standard InChI is InChI=1S/C20H17ClN2O3S2/c1-26-16-9-5-2-6-13(16)12-17-19(25)23(20(27)28-17)11-10-18(24)22-15-8-4-3-7-14(15)21/h2-9,12H,10-11H2,1H3,(H,22,24). The quantitative estimate of drug-likeness (QED) is 0.535. The lowest BCUT2D eigenvalue weighted by molar-refractivity contribution is -0.122. The zero-order valence-corrected chi connectivity index (χ0v) is 17.4. The Labute approximate surface area is 177 Å². The molecule has 28 heavy (non-hydrogen) atoms. The molecule has 2 aromatic rings. The van der Waals surface area contributed by atoms with Gasteiger partial charge < -0.3 is 10.1 Å². The summed E-state index contributed by atoms with van der Waals surface area (Å²) in [4.78, 5) is 26.8. The Bertz CT molecular complexity index is 962. The van der Waals surface area contributed by atoms with Crippen LogP contribution in [0.3, 0.4) is 0 Å². The van der Waals surface area contributed by atoms with Crippen molar-refractivity contribution in [3.63, 3.8) is 0 Å². The highest BCUT2D eigenvalue weighted by atomic mass is 35.5. The lowest BCUT2D eigenvalue weighted by atomic mass is 10.2. The number of thioether (sulfide) groups is 1. The fourth-order valence-electron chi connectivity index (χ4n) is 2.61. The lowest BCUT2D eigenvalue weighted by Gasteiger charge is -2.14. The van der Waals surface area contributed by atoms with Crippen molar-refractivity contribution in [2.24, 2.45) is 0 Å². The van der Waals surface area contributed by atoms with Crippen molar-refractivity contribution in [3.05, 3.63) is 64.0 Å². The van der Waals surface area contributed by atoms with Gasteiger partial charge in [-0.15, -0.1) is 0 Å². The number of benzene rings is 2. The van der Waals surface area contributed by atoms with Crippen LogP contribution in [0.5, 0.6) is 5.75 Å². The molecule has 3 rings (SSSR count). The lowest BCUT2D eigenvalue weighted by Crippen LogP contribution is -2.31. The summed E-state index contributed by atoms with van der Waals surface area (Å²) in [6.45, 7) is 0.199. The van der Waals surface area contributed by atoms with Crippen LogP contribution in [-0.2, 0) is 9.59 Å². The van der Waals surface area contributed by atoms with E-state index >= 15 is 0 Å². The van der Waals surface area contributed by atoms with E-state index < -0.39 is 0 Å². The van der Waals surface area contributed by atoms with Gasteiger partial charge in [-0.25, -0.2) is 0 Å². The van der Waals surface area contributed by atoms with Crippen molar-refractivity contribution in [3.8, 4) is 5.75 Å². The highest BCUT2D eigenvalue weighted by molar-refractivity contribution is 8.26. The number of halogens is 1. The van der Waals surface area contributed by atoms with E-state index in [9.17, 15) is 9.59 Å². The zero-order valence-electron chi connectivity index (χ0n) is 15.0. The SMILES string of the molecule is COc1ccccc1C=C1SC(=S)N(CCC(=O)Nc2ccccc2Cl)C1=O. The summed E-state index contributed by atoms with van der Waals surface area (Å²) in [7, 11) is 1.58. The molecule has 0 aliphatic carbocycles. The van der Waals surface area contributed by atoms with Crippen molar-refractivity contribution in [2.45, 2.75) is 6.42 Å². The van der Waals surface area contributed by atoms with Gasteiger partial charge in [0.05, 0.1) is 22.7 Å². The van der Waals surface area contributed by atoms with Crippen LogP contribution in [0.25, 0.3) is 6.08 Å². The number of amides is 2. The number of anilines is 1. The van der Waals surface area contributed by atoms with E-state index in [0.717, 1.165) is 5.56 Å². The number of hydrogen-bond donors (Lipinski definition) is 1. The molecule has 1 aliphatic rings. The molecule has 1 saturated heterocycles. The molecule has 1 N–H and O–H groups in total. The number of carbonyl (C=O) groups excluding carboxylic acids is 2. The van der Waals surface area contributed by atoms with Gasteiger partial charge in [-0.3, -0.25) is 14.5 Å². The monoisotopic (exact) mass is 432 g/mol. The Morgan fingerprint density at radius 3 is 2.71 bits per heavy atom. The average Bonchev–Trinajstić information content (AvgIpc) is 2.95. The second kappa shape index (κ2) is 9.23. The van der Waals surface area contributed by atoms with Crippen LogP contribution < -0.4 is 10.1 Å². The van der Waals surface area contributed by atoms with Gasteiger partial charge in [0, 0.05) is 18.5 Å². The van der Waals surface area contributed by atoms with Gasteiger partial charge in [0.15, 0.2) is 0 Å². The predicted molar refractivity (Wildman–Crippen MR) is 118 cm³/mol. The van der Waals surface area contributed by atoms with Crippen molar-refractivity contribution in [1.82, 2.24) is 4.90 Å². The van der Waals surface area contributed by atoms with Gasteiger partial charge in [0.1, 0.15) is 10.1 Å². The smallest absolute Gasteiger partial charge is 0.266 e. The summed E-state index contributed by atoms with van der Waals surface area (Å²) in [6, 6.07) is 14.4. The van der Waals surface area contributed by atoms with Crippen molar-refractivity contribution >= 4 is 63.5 Å². The minimum Gasteiger partial charge on any atom is -0.496 e. The first kappa shape index (κ1) is 20.4. The summed E-state index contributed by atoms with van der Waals surface area (Å²) in [5.74, 6) is 0.217. The number of para-hydroxylation sites is 2. The molecule has 0 atom stereocenters. The van der Waals surface area contributed by atoms with E-state index in [1.807, 2.05) is 24.3 Å². The van der Waals surface area contributed by atoms with E-state index in [0.29, 0.717) is 25.7 Å². The van der Waals surface area contributed by atoms with E-state index in [-0.39, 0.29) is 24.8 Å². The van der Waals surface area contributed by atoms with Crippen LogP contribution in [0.1, 0.15) is 12.0 Å². The van der Waals surface area contributed by atoms with Crippen LogP contribution in [0, 0.1) is 0 Å². The van der Waals surface area contributed by atoms with Crippen molar-refractivity contribution < 1.29 is 14.3 Å². The van der Waals surface area contributed by atoms with Gasteiger partial charge in [-0.1, -0.05) is 65.9 Å².